The molecule has 0 radical (unpaired) electrons. The molecule has 3 saturated heterocycles. The number of nitrogens with one attached hydrogen (secondary N) is 2. The third kappa shape index (κ3) is 11.2. The van der Waals surface area contributed by atoms with Gasteiger partial charge in [0.15, 0.2) is 5.72 Å². The smallest absolute Gasteiger partial charge is 0.409 e. The first kappa shape index (κ1) is 47.8. The van der Waals surface area contributed by atoms with Crippen LogP contribution in [0.3, 0.4) is 0 Å². The molecule has 4 amide bonds. The number of ether oxygens (including phenoxy) is 5. The zero-order valence-electron chi connectivity index (χ0n) is 37.0. The van der Waals surface area contributed by atoms with Gasteiger partial charge in [0.1, 0.15) is 40.7 Å². The van der Waals surface area contributed by atoms with Crippen LogP contribution in [0.4, 0.5) is 10.5 Å². The lowest BCUT2D eigenvalue weighted by molar-refractivity contribution is -0.162. The van der Waals surface area contributed by atoms with E-state index in [0.29, 0.717) is 30.7 Å². The van der Waals surface area contributed by atoms with Crippen LogP contribution in [0.25, 0.3) is 0 Å². The average molecular weight is 874 g/mol. The Balaban J connectivity index is 1.43. The number of allylic oxidation sites excluding steroid dienone is 3. The maximum absolute atomic E-state index is 14.4. The van der Waals surface area contributed by atoms with Crippen LogP contribution in [0, 0.1) is 11.8 Å². The van der Waals surface area contributed by atoms with Gasteiger partial charge in [-0.15, -0.1) is 0 Å². The number of halogens is 1. The van der Waals surface area contributed by atoms with Gasteiger partial charge in [-0.2, -0.15) is 0 Å². The van der Waals surface area contributed by atoms with Gasteiger partial charge in [-0.3, -0.25) is 19.7 Å². The highest BCUT2D eigenvalue weighted by atomic mass is 35.5. The number of esters is 1. The zero-order chi connectivity index (χ0) is 44.8. The van der Waals surface area contributed by atoms with Gasteiger partial charge in [-0.25, -0.2) is 9.59 Å². The van der Waals surface area contributed by atoms with Crippen LogP contribution in [0.2, 0.25) is 5.02 Å². The van der Waals surface area contributed by atoms with Crippen molar-refractivity contribution >= 4 is 47.1 Å². The summed E-state index contributed by atoms with van der Waals surface area (Å²) >= 11 is 6.83. The summed E-state index contributed by atoms with van der Waals surface area (Å²) < 4.78 is 29.7. The minimum atomic E-state index is -1.84. The lowest BCUT2D eigenvalue weighted by atomic mass is 9.83. The van der Waals surface area contributed by atoms with E-state index in [2.05, 4.69) is 15.5 Å². The van der Waals surface area contributed by atoms with Crippen LogP contribution in [0.5, 0.6) is 5.75 Å². The van der Waals surface area contributed by atoms with E-state index in [1.165, 1.54) is 30.9 Å². The van der Waals surface area contributed by atoms with E-state index in [9.17, 15) is 29.1 Å². The number of likely N-dealkylation sites (tertiary alicyclic amines) is 1. The summed E-state index contributed by atoms with van der Waals surface area (Å²) in [6, 6.07) is 2.64. The molecule has 1 aromatic carbocycles. The second-order valence-corrected chi connectivity index (χ2v) is 17.5. The normalized spacial score (nSPS) is 30.7. The van der Waals surface area contributed by atoms with Gasteiger partial charge >= 0.3 is 12.1 Å². The number of rotatable bonds is 11. The quantitative estimate of drug-likeness (QED) is 0.164. The molecule has 0 spiro atoms. The number of piperidine rings is 1. The molecule has 1 aromatic rings. The van der Waals surface area contributed by atoms with E-state index in [0.717, 1.165) is 50.0 Å². The van der Waals surface area contributed by atoms with E-state index < -0.39 is 65.7 Å². The van der Waals surface area contributed by atoms with Gasteiger partial charge in [-0.1, -0.05) is 42.3 Å². The lowest BCUT2D eigenvalue weighted by Crippen LogP contribution is -2.63. The molecule has 4 heterocycles. The average Bonchev–Trinajstić information content (AvgIpc) is 3.92. The van der Waals surface area contributed by atoms with Crippen LogP contribution >= 0.6 is 11.6 Å². The molecular weight excluding hydrogens is 810 g/mol. The number of fused-ring (bicyclic) bond motifs is 5. The highest BCUT2D eigenvalue weighted by Crippen LogP contribution is 2.49. The maximum atomic E-state index is 14.4. The lowest BCUT2D eigenvalue weighted by Gasteiger charge is -2.42. The van der Waals surface area contributed by atoms with Crippen LogP contribution in [-0.2, 0) is 44.5 Å². The van der Waals surface area contributed by atoms with E-state index in [4.69, 9.17) is 35.3 Å². The molecule has 0 aliphatic carbocycles. The van der Waals surface area contributed by atoms with Crippen molar-refractivity contribution in [1.29, 1.82) is 0 Å². The number of carbonyl (C=O) groups excluding carboxylic acids is 5. The van der Waals surface area contributed by atoms with Crippen molar-refractivity contribution in [3.05, 3.63) is 46.5 Å². The number of aliphatic hydroxyl groups is 1. The number of unbranched alkanes of at least 4 members (excludes halogenated alkanes) is 1. The van der Waals surface area contributed by atoms with Gasteiger partial charge in [0.05, 0.1) is 25.3 Å². The van der Waals surface area contributed by atoms with E-state index in [-0.39, 0.29) is 35.6 Å². The Morgan fingerprint density at radius 1 is 1.16 bits per heavy atom. The monoisotopic (exact) mass is 873 g/mol. The first-order valence-electron chi connectivity index (χ1n) is 21.1. The molecule has 8 atom stereocenters. The zero-order valence-corrected chi connectivity index (χ0v) is 37.7. The fourth-order valence-corrected chi connectivity index (χ4v) is 9.12. The molecule has 0 aromatic heterocycles. The Morgan fingerprint density at radius 3 is 2.51 bits per heavy atom. The fraction of sp³-hybridized carbons (Fsp3) is 0.659. The van der Waals surface area contributed by atoms with Crippen LogP contribution in [0.15, 0.2) is 35.9 Å². The van der Waals surface area contributed by atoms with Crippen molar-refractivity contribution in [3.8, 4) is 5.75 Å². The number of amides is 4. The second kappa shape index (κ2) is 20.3. The summed E-state index contributed by atoms with van der Waals surface area (Å²) in [5.74, 6) is -1.55. The summed E-state index contributed by atoms with van der Waals surface area (Å²) in [7, 11) is 7.72. The maximum Gasteiger partial charge on any atom is 0.409 e. The molecule has 0 unspecified atom stereocenters. The number of anilines is 1. The molecule has 0 saturated carbocycles. The fourth-order valence-electron chi connectivity index (χ4n) is 8.81. The first-order chi connectivity index (χ1) is 28.8. The van der Waals surface area contributed by atoms with E-state index in [1.807, 2.05) is 19.9 Å². The number of benzene rings is 1. The number of hydrogen-bond donors (Lipinski definition) is 3. The van der Waals surface area contributed by atoms with Gasteiger partial charge in [0.2, 0.25) is 17.7 Å². The Hall–Kier alpha value is -4.22. The first-order valence-corrected chi connectivity index (χ1v) is 21.5. The SMILES string of the molecule is CNC(=O)C1CCN(CCCC[C@@H](C(=O)O[C@H]2CC(=O)N(C)c3cc(cc(OC)c3Cl)C/C(C)=C/C=C/[C@@H](OC)[C@@]3(O)C[C@H](OC(=O)N3)[C@@H](C)[C@@H]3O[C@@]23C)N(C)C(C)=O)CC1. The van der Waals surface area contributed by atoms with Crippen molar-refractivity contribution < 1.29 is 52.8 Å². The second-order valence-electron chi connectivity index (χ2n) is 17.1. The standard InChI is InChI=1S/C44H64ClN5O11/c1-26-13-12-15-35(58-9)44(56)25-34(59-42(55)47-44)27(2)39-43(4,61-39)36(24-37(52)49(7)32-22-29(21-26)23-33(57-8)38(32)45)60-41(54)31(48(6)28(3)51)14-10-11-18-50-19-16-30(17-20-50)40(53)46-5/h12-13,15,22-23,27,30-31,34-36,39,56H,10-11,14,16-21,24-25H2,1-9H3,(H,46,53)(H,47,55)/b15-12+,26-13+/t27-,31+,34+,35-,36+,39+,43+,44+/m1/s1. The van der Waals surface area contributed by atoms with Crippen LogP contribution < -0.4 is 20.3 Å². The Bertz CT molecular complexity index is 1850. The number of alkyl carbamates (subject to hydrolysis) is 1. The molecule has 3 fully saturated rings. The summed E-state index contributed by atoms with van der Waals surface area (Å²) in [6.07, 6.45) is 4.09. The summed E-state index contributed by atoms with van der Waals surface area (Å²) in [5, 5.41) is 17.3. The molecule has 16 nitrogen and oxygen atoms in total. The minimum Gasteiger partial charge on any atom is -0.495 e. The van der Waals surface area contributed by atoms with Crippen LogP contribution in [-0.4, -0.2) is 141 Å². The van der Waals surface area contributed by atoms with Crippen molar-refractivity contribution in [2.24, 2.45) is 11.8 Å². The van der Waals surface area contributed by atoms with Crippen LogP contribution in [0.1, 0.15) is 78.2 Å². The third-order valence-corrected chi connectivity index (χ3v) is 13.2. The number of likely N-dealkylation sites (N-methyl/N-ethyl adjacent to an activating group) is 1. The molecule has 17 heteroatoms. The van der Waals surface area contributed by atoms with Gasteiger partial charge < -0.3 is 48.8 Å². The molecular formula is C44H64ClN5O11. The van der Waals surface area contributed by atoms with Crippen molar-refractivity contribution in [1.82, 2.24) is 20.4 Å². The predicted octanol–water partition coefficient (Wildman–Crippen LogP) is 4.14. The molecule has 4 aliphatic rings. The number of hydrogen-bond acceptors (Lipinski definition) is 12. The number of methoxy groups -OCH3 is 2. The minimum absolute atomic E-state index is 0.0127. The predicted molar refractivity (Wildman–Crippen MR) is 228 cm³/mol. The molecule has 338 valence electrons. The Morgan fingerprint density at radius 2 is 1.87 bits per heavy atom. The van der Waals surface area contributed by atoms with E-state index in [1.54, 1.807) is 52.4 Å². The van der Waals surface area contributed by atoms with Crippen molar-refractivity contribution in [3.63, 3.8) is 0 Å². The molecule has 4 aliphatic heterocycles. The van der Waals surface area contributed by atoms with Crippen molar-refractivity contribution in [2.45, 2.75) is 121 Å². The van der Waals surface area contributed by atoms with Gasteiger partial charge in [-0.05, 0) is 89.7 Å². The van der Waals surface area contributed by atoms with E-state index >= 15 is 0 Å². The summed E-state index contributed by atoms with van der Waals surface area (Å²) in [5.41, 5.74) is -0.970. The molecule has 5 rings (SSSR count). The molecule has 61 heavy (non-hydrogen) atoms. The molecule has 4 bridgehead atoms. The van der Waals surface area contributed by atoms with Gasteiger partial charge in [0, 0.05) is 53.4 Å². The number of nitrogens with zero attached hydrogens (tertiary/aromatic N) is 3. The Kier molecular flexibility index (Phi) is 15.9. The molecule has 3 N–H and O–H groups in total. The van der Waals surface area contributed by atoms with Gasteiger partial charge in [0.25, 0.3) is 0 Å². The highest BCUT2D eigenvalue weighted by molar-refractivity contribution is 6.35. The Labute approximate surface area is 364 Å². The number of carbonyl (C=O) groups is 5. The summed E-state index contributed by atoms with van der Waals surface area (Å²) in [4.78, 5) is 71.6. The van der Waals surface area contributed by atoms with Crippen molar-refractivity contribution in [2.75, 3.05) is 59.9 Å². The number of epoxide rings is 1. The third-order valence-electron chi connectivity index (χ3n) is 12.9. The topological polar surface area (TPSA) is 189 Å². The highest BCUT2D eigenvalue weighted by Gasteiger charge is 2.64. The largest absolute Gasteiger partial charge is 0.495 e. The summed E-state index contributed by atoms with van der Waals surface area (Å²) in [6.45, 7) is 9.24.